The van der Waals surface area contributed by atoms with Gasteiger partial charge in [-0.15, -0.1) is 11.3 Å². The maximum absolute atomic E-state index is 12.6. The molecule has 130 valence electrons. The molecule has 0 radical (unpaired) electrons. The standard InChI is InChI=1S/C17H21NO5S/c19-14(9-5-1-2-6-10(9)16(20)21)18-15-13(17(22)23)11-7-3-4-8-12(11)24-15/h9-10H,1-8H2,(H,18,19)(H,20,21)(H,22,23). The lowest BCUT2D eigenvalue weighted by molar-refractivity contribution is -0.147. The molecule has 1 heterocycles. The number of thiophene rings is 1. The number of carboxylic acid groups (broad SMARTS) is 2. The fourth-order valence-corrected chi connectivity index (χ4v) is 5.11. The molecular formula is C17H21NO5S. The Morgan fingerprint density at radius 1 is 0.958 bits per heavy atom. The van der Waals surface area contributed by atoms with Crippen LogP contribution in [-0.2, 0) is 22.4 Å². The van der Waals surface area contributed by atoms with E-state index in [4.69, 9.17) is 0 Å². The van der Waals surface area contributed by atoms with Crippen molar-refractivity contribution in [2.45, 2.75) is 51.4 Å². The number of anilines is 1. The van der Waals surface area contributed by atoms with Crippen molar-refractivity contribution < 1.29 is 24.6 Å². The summed E-state index contributed by atoms with van der Waals surface area (Å²) in [4.78, 5) is 36.7. The number of amides is 1. The van der Waals surface area contributed by atoms with Crippen LogP contribution in [0.25, 0.3) is 0 Å². The number of fused-ring (bicyclic) bond motifs is 1. The van der Waals surface area contributed by atoms with E-state index >= 15 is 0 Å². The fourth-order valence-electron chi connectivity index (χ4n) is 3.83. The Kier molecular flexibility index (Phi) is 4.89. The topological polar surface area (TPSA) is 104 Å². The van der Waals surface area contributed by atoms with Crippen molar-refractivity contribution in [3.05, 3.63) is 16.0 Å². The van der Waals surface area contributed by atoms with Crippen LogP contribution in [0.2, 0.25) is 0 Å². The third-order valence-corrected chi connectivity index (χ3v) is 6.25. The van der Waals surface area contributed by atoms with Gasteiger partial charge >= 0.3 is 11.9 Å². The zero-order chi connectivity index (χ0) is 17.3. The summed E-state index contributed by atoms with van der Waals surface area (Å²) in [5.41, 5.74) is 1.04. The van der Waals surface area contributed by atoms with E-state index in [2.05, 4.69) is 5.32 Å². The summed E-state index contributed by atoms with van der Waals surface area (Å²) < 4.78 is 0. The number of hydrogen-bond acceptors (Lipinski definition) is 4. The molecule has 3 rings (SSSR count). The first-order valence-electron chi connectivity index (χ1n) is 8.40. The number of nitrogens with one attached hydrogen (secondary N) is 1. The van der Waals surface area contributed by atoms with Gasteiger partial charge in [0.05, 0.1) is 17.4 Å². The summed E-state index contributed by atoms with van der Waals surface area (Å²) in [6.45, 7) is 0. The quantitative estimate of drug-likeness (QED) is 0.773. The van der Waals surface area contributed by atoms with Gasteiger partial charge in [-0.05, 0) is 44.1 Å². The molecule has 24 heavy (non-hydrogen) atoms. The number of carbonyl (C=O) groups is 3. The molecule has 0 aliphatic heterocycles. The van der Waals surface area contributed by atoms with Crippen LogP contribution in [0.4, 0.5) is 5.00 Å². The predicted molar refractivity (Wildman–Crippen MR) is 89.6 cm³/mol. The molecule has 0 bridgehead atoms. The van der Waals surface area contributed by atoms with Crippen molar-refractivity contribution in [3.63, 3.8) is 0 Å². The zero-order valence-corrected chi connectivity index (χ0v) is 14.2. The Bertz CT molecular complexity index is 681. The Morgan fingerprint density at radius 3 is 2.29 bits per heavy atom. The summed E-state index contributed by atoms with van der Waals surface area (Å²) in [5, 5.41) is 22.0. The molecule has 1 aromatic heterocycles. The van der Waals surface area contributed by atoms with Gasteiger partial charge in [-0.1, -0.05) is 12.8 Å². The molecule has 6 nitrogen and oxygen atoms in total. The van der Waals surface area contributed by atoms with Crippen molar-refractivity contribution in [1.29, 1.82) is 0 Å². The molecule has 1 saturated carbocycles. The molecule has 2 atom stereocenters. The van der Waals surface area contributed by atoms with Crippen LogP contribution < -0.4 is 5.32 Å². The van der Waals surface area contributed by atoms with E-state index in [9.17, 15) is 24.6 Å². The number of carbonyl (C=O) groups excluding carboxylic acids is 1. The van der Waals surface area contributed by atoms with Crippen molar-refractivity contribution in [2.24, 2.45) is 11.8 Å². The van der Waals surface area contributed by atoms with Crippen LogP contribution >= 0.6 is 11.3 Å². The van der Waals surface area contributed by atoms with Crippen molar-refractivity contribution >= 4 is 34.2 Å². The first kappa shape index (κ1) is 17.0. The Balaban J connectivity index is 1.85. The molecule has 0 spiro atoms. The number of carboxylic acids is 2. The molecule has 1 amide bonds. The van der Waals surface area contributed by atoms with Crippen LogP contribution in [0.15, 0.2) is 0 Å². The van der Waals surface area contributed by atoms with Gasteiger partial charge in [0.15, 0.2) is 0 Å². The highest BCUT2D eigenvalue weighted by atomic mass is 32.1. The van der Waals surface area contributed by atoms with Crippen LogP contribution in [0, 0.1) is 11.8 Å². The van der Waals surface area contributed by atoms with Crippen molar-refractivity contribution in [2.75, 3.05) is 5.32 Å². The Hall–Kier alpha value is -1.89. The summed E-state index contributed by atoms with van der Waals surface area (Å²) in [7, 11) is 0. The second-order valence-electron chi connectivity index (χ2n) is 6.55. The first-order chi connectivity index (χ1) is 11.5. The van der Waals surface area contributed by atoms with Crippen LogP contribution in [0.5, 0.6) is 0 Å². The highest BCUT2D eigenvalue weighted by molar-refractivity contribution is 7.17. The normalized spacial score (nSPS) is 23.3. The van der Waals surface area contributed by atoms with Gasteiger partial charge in [-0.25, -0.2) is 4.79 Å². The molecule has 1 aromatic rings. The number of rotatable bonds is 4. The fraction of sp³-hybridized carbons (Fsp3) is 0.588. The summed E-state index contributed by atoms with van der Waals surface area (Å²) >= 11 is 1.33. The molecule has 7 heteroatoms. The summed E-state index contributed by atoms with van der Waals surface area (Å²) in [6, 6.07) is 0. The maximum Gasteiger partial charge on any atom is 0.339 e. The molecule has 2 aliphatic carbocycles. The average Bonchev–Trinajstić information content (AvgIpc) is 2.92. The lowest BCUT2D eigenvalue weighted by Crippen LogP contribution is -2.36. The SMILES string of the molecule is O=C(O)c1c(NC(=O)C2CCCCC2C(=O)O)sc2c1CCCC2. The van der Waals surface area contributed by atoms with Crippen molar-refractivity contribution in [3.8, 4) is 0 Å². The monoisotopic (exact) mass is 351 g/mol. The minimum atomic E-state index is -1.02. The molecule has 3 N–H and O–H groups in total. The van der Waals surface area contributed by atoms with Crippen LogP contribution in [0.3, 0.4) is 0 Å². The molecule has 1 fully saturated rings. The number of aromatic carboxylic acids is 1. The maximum atomic E-state index is 12.6. The van der Waals surface area contributed by atoms with E-state index in [1.165, 1.54) is 11.3 Å². The van der Waals surface area contributed by atoms with E-state index in [-0.39, 0.29) is 11.5 Å². The lowest BCUT2D eigenvalue weighted by Gasteiger charge is -2.27. The third-order valence-electron chi connectivity index (χ3n) is 5.04. The number of aliphatic carboxylic acids is 1. The molecular weight excluding hydrogens is 330 g/mol. The van der Waals surface area contributed by atoms with E-state index in [1.54, 1.807) is 0 Å². The largest absolute Gasteiger partial charge is 0.481 e. The van der Waals surface area contributed by atoms with E-state index in [0.29, 0.717) is 17.8 Å². The summed E-state index contributed by atoms with van der Waals surface area (Å²) in [5.74, 6) is -3.59. The summed E-state index contributed by atoms with van der Waals surface area (Å²) in [6.07, 6.45) is 6.24. The molecule has 0 saturated heterocycles. The van der Waals surface area contributed by atoms with Gasteiger partial charge < -0.3 is 15.5 Å². The Morgan fingerprint density at radius 2 is 1.62 bits per heavy atom. The van der Waals surface area contributed by atoms with Crippen LogP contribution in [0.1, 0.15) is 59.3 Å². The highest BCUT2D eigenvalue weighted by Crippen LogP contribution is 2.39. The van der Waals surface area contributed by atoms with Gasteiger partial charge in [-0.2, -0.15) is 0 Å². The second-order valence-corrected chi connectivity index (χ2v) is 7.65. The molecule has 0 aromatic carbocycles. The third kappa shape index (κ3) is 3.17. The van der Waals surface area contributed by atoms with Crippen LogP contribution in [-0.4, -0.2) is 28.1 Å². The predicted octanol–water partition coefficient (Wildman–Crippen LogP) is 3.15. The van der Waals surface area contributed by atoms with Gasteiger partial charge in [0, 0.05) is 4.88 Å². The molecule has 2 aliphatic rings. The number of aryl methyl sites for hydroxylation is 1. The van der Waals surface area contributed by atoms with Gasteiger partial charge in [0.25, 0.3) is 0 Å². The minimum absolute atomic E-state index is 0.200. The van der Waals surface area contributed by atoms with E-state index in [1.807, 2.05) is 0 Å². The lowest BCUT2D eigenvalue weighted by atomic mass is 9.78. The highest BCUT2D eigenvalue weighted by Gasteiger charge is 2.36. The Labute approximate surface area is 143 Å². The second kappa shape index (κ2) is 6.93. The van der Waals surface area contributed by atoms with Crippen molar-refractivity contribution in [1.82, 2.24) is 0 Å². The van der Waals surface area contributed by atoms with E-state index in [0.717, 1.165) is 49.0 Å². The first-order valence-corrected chi connectivity index (χ1v) is 9.22. The smallest absolute Gasteiger partial charge is 0.339 e. The van der Waals surface area contributed by atoms with Gasteiger partial charge in [0.1, 0.15) is 5.00 Å². The molecule has 2 unspecified atom stereocenters. The van der Waals surface area contributed by atoms with Gasteiger partial charge in [0.2, 0.25) is 5.91 Å². The number of hydrogen-bond donors (Lipinski definition) is 3. The van der Waals surface area contributed by atoms with E-state index < -0.39 is 23.8 Å². The van der Waals surface area contributed by atoms with Gasteiger partial charge in [-0.3, -0.25) is 9.59 Å². The average molecular weight is 351 g/mol. The zero-order valence-electron chi connectivity index (χ0n) is 13.3. The minimum Gasteiger partial charge on any atom is -0.481 e.